The number of hydrogen-bond donors (Lipinski definition) is 2. The second-order valence-electron chi connectivity index (χ2n) is 3.44. The van der Waals surface area contributed by atoms with Crippen molar-refractivity contribution in [2.75, 3.05) is 6.61 Å². The molecule has 0 rings (SSSR count). The summed E-state index contributed by atoms with van der Waals surface area (Å²) in [5, 5.41) is 16.7. The summed E-state index contributed by atoms with van der Waals surface area (Å²) in [5.41, 5.74) is 0. The third-order valence-electron chi connectivity index (χ3n) is 1.69. The first-order chi connectivity index (χ1) is 5.63. The van der Waals surface area contributed by atoms with Gasteiger partial charge < -0.3 is 14.7 Å². The molecule has 0 radical (unpaired) electrons. The summed E-state index contributed by atoms with van der Waals surface area (Å²) in [5.74, 6) is 0.759. The number of hydrogen-bond acceptors (Lipinski definition) is 3. The van der Waals surface area contributed by atoms with Crippen LogP contribution in [-0.4, -0.2) is 24.0 Å². The Balaban J connectivity index is 2.91. The summed E-state index contributed by atoms with van der Waals surface area (Å²) in [6.45, 7) is 4.84. The van der Waals surface area contributed by atoms with Crippen molar-refractivity contribution >= 4 is 7.32 Å². The predicted octanol–water partition coefficient (Wildman–Crippen LogP) is 1.19. The van der Waals surface area contributed by atoms with Crippen molar-refractivity contribution < 1.29 is 14.7 Å². The average Bonchev–Trinajstić information content (AvgIpc) is 1.95. The van der Waals surface area contributed by atoms with Crippen LogP contribution in [-0.2, 0) is 4.65 Å². The first-order valence-electron chi connectivity index (χ1n) is 4.60. The first kappa shape index (κ1) is 11.9. The second kappa shape index (κ2) is 7.59. The van der Waals surface area contributed by atoms with Gasteiger partial charge in [-0.3, -0.25) is 0 Å². The molecule has 0 aromatic rings. The Morgan fingerprint density at radius 2 is 1.83 bits per heavy atom. The van der Waals surface area contributed by atoms with E-state index >= 15 is 0 Å². The molecule has 0 aliphatic rings. The van der Waals surface area contributed by atoms with Gasteiger partial charge in [0.25, 0.3) is 0 Å². The van der Waals surface area contributed by atoms with Gasteiger partial charge in [0.05, 0.1) is 0 Å². The Bertz CT molecular complexity index is 84.3. The molecule has 0 amide bonds. The fourth-order valence-electron chi connectivity index (χ4n) is 1.02. The Morgan fingerprint density at radius 1 is 1.17 bits per heavy atom. The third-order valence-corrected chi connectivity index (χ3v) is 1.69. The molecule has 0 atom stereocenters. The third kappa shape index (κ3) is 9.94. The Kier molecular flexibility index (Phi) is 7.55. The monoisotopic (exact) mass is 174 g/mol. The molecule has 0 heterocycles. The van der Waals surface area contributed by atoms with Crippen molar-refractivity contribution in [1.29, 1.82) is 0 Å². The minimum absolute atomic E-state index is 0.440. The lowest BCUT2D eigenvalue weighted by atomic mass is 10.1. The van der Waals surface area contributed by atoms with E-state index in [4.69, 9.17) is 10.0 Å². The Hall–Kier alpha value is -0.0551. The van der Waals surface area contributed by atoms with E-state index in [-0.39, 0.29) is 0 Å². The molecule has 4 heteroatoms. The molecule has 0 unspecified atom stereocenters. The zero-order valence-corrected chi connectivity index (χ0v) is 7.99. The van der Waals surface area contributed by atoms with Gasteiger partial charge in [-0.15, -0.1) is 0 Å². The van der Waals surface area contributed by atoms with Crippen molar-refractivity contribution in [3.63, 3.8) is 0 Å². The number of rotatable bonds is 7. The zero-order chi connectivity index (χ0) is 9.40. The van der Waals surface area contributed by atoms with Crippen molar-refractivity contribution in [3.05, 3.63) is 0 Å². The number of unbranched alkanes of at least 4 members (excludes halogenated alkanes) is 2. The molecule has 0 spiro atoms. The molecule has 0 saturated carbocycles. The smallest absolute Gasteiger partial charge is 0.402 e. The maximum atomic E-state index is 8.33. The SMILES string of the molecule is CC(C)CCCCCOB(O)O. The Morgan fingerprint density at radius 3 is 2.33 bits per heavy atom. The highest BCUT2D eigenvalue weighted by Crippen LogP contribution is 2.07. The molecule has 0 aromatic carbocycles. The summed E-state index contributed by atoms with van der Waals surface area (Å²) in [4.78, 5) is 0. The van der Waals surface area contributed by atoms with E-state index in [1.807, 2.05) is 0 Å². The molecule has 0 fully saturated rings. The standard InChI is InChI=1S/C8H19BO3/c1-8(2)6-4-3-5-7-12-9(10)11/h8,10-11H,3-7H2,1-2H3. The highest BCUT2D eigenvalue weighted by atomic mass is 16.6. The van der Waals surface area contributed by atoms with Gasteiger partial charge in [0.1, 0.15) is 0 Å². The van der Waals surface area contributed by atoms with Crippen LogP contribution >= 0.6 is 0 Å². The molecule has 2 N–H and O–H groups in total. The van der Waals surface area contributed by atoms with E-state index in [0.717, 1.165) is 18.8 Å². The van der Waals surface area contributed by atoms with E-state index < -0.39 is 7.32 Å². The normalized spacial score (nSPS) is 10.8. The van der Waals surface area contributed by atoms with E-state index in [1.54, 1.807) is 0 Å². The second-order valence-corrected chi connectivity index (χ2v) is 3.44. The van der Waals surface area contributed by atoms with Crippen LogP contribution in [0.3, 0.4) is 0 Å². The average molecular weight is 174 g/mol. The first-order valence-corrected chi connectivity index (χ1v) is 4.60. The molecular weight excluding hydrogens is 155 g/mol. The fraction of sp³-hybridized carbons (Fsp3) is 1.00. The maximum absolute atomic E-state index is 8.33. The van der Waals surface area contributed by atoms with Crippen LogP contribution in [0.1, 0.15) is 39.5 Å². The van der Waals surface area contributed by atoms with E-state index in [1.165, 1.54) is 12.8 Å². The van der Waals surface area contributed by atoms with E-state index in [9.17, 15) is 0 Å². The largest absolute Gasteiger partial charge is 0.633 e. The molecule has 72 valence electrons. The van der Waals surface area contributed by atoms with E-state index in [2.05, 4.69) is 18.5 Å². The van der Waals surface area contributed by atoms with Crippen molar-refractivity contribution in [2.45, 2.75) is 39.5 Å². The summed E-state index contributed by atoms with van der Waals surface area (Å²) in [6, 6.07) is 0. The highest BCUT2D eigenvalue weighted by molar-refractivity contribution is 6.32. The van der Waals surface area contributed by atoms with Gasteiger partial charge in [-0.1, -0.05) is 33.1 Å². The molecule has 0 aliphatic carbocycles. The summed E-state index contributed by atoms with van der Waals surface area (Å²) >= 11 is 0. The van der Waals surface area contributed by atoms with Crippen LogP contribution in [0.5, 0.6) is 0 Å². The molecular formula is C8H19BO3. The van der Waals surface area contributed by atoms with Crippen LogP contribution in [0.25, 0.3) is 0 Å². The topological polar surface area (TPSA) is 49.7 Å². The predicted molar refractivity (Wildman–Crippen MR) is 49.4 cm³/mol. The minimum atomic E-state index is -1.60. The van der Waals surface area contributed by atoms with Gasteiger partial charge >= 0.3 is 7.32 Å². The van der Waals surface area contributed by atoms with Gasteiger partial charge in [0.15, 0.2) is 0 Å². The molecule has 0 saturated heterocycles. The fourth-order valence-corrected chi connectivity index (χ4v) is 1.02. The molecule has 0 aromatic heterocycles. The van der Waals surface area contributed by atoms with Crippen LogP contribution < -0.4 is 0 Å². The lowest BCUT2D eigenvalue weighted by Gasteiger charge is -2.04. The molecule has 0 bridgehead atoms. The van der Waals surface area contributed by atoms with Gasteiger partial charge in [-0.25, -0.2) is 0 Å². The quantitative estimate of drug-likeness (QED) is 0.450. The van der Waals surface area contributed by atoms with Crippen molar-refractivity contribution in [1.82, 2.24) is 0 Å². The van der Waals surface area contributed by atoms with Gasteiger partial charge in [-0.2, -0.15) is 0 Å². The maximum Gasteiger partial charge on any atom is 0.633 e. The van der Waals surface area contributed by atoms with Gasteiger partial charge in [0.2, 0.25) is 0 Å². The van der Waals surface area contributed by atoms with Crippen LogP contribution in [0.2, 0.25) is 0 Å². The molecule has 0 aliphatic heterocycles. The van der Waals surface area contributed by atoms with E-state index in [0.29, 0.717) is 6.61 Å². The van der Waals surface area contributed by atoms with Crippen LogP contribution in [0.15, 0.2) is 0 Å². The van der Waals surface area contributed by atoms with Crippen LogP contribution in [0.4, 0.5) is 0 Å². The lowest BCUT2D eigenvalue weighted by molar-refractivity contribution is 0.181. The molecule has 3 nitrogen and oxygen atoms in total. The highest BCUT2D eigenvalue weighted by Gasteiger charge is 2.06. The van der Waals surface area contributed by atoms with Gasteiger partial charge in [-0.05, 0) is 12.3 Å². The summed E-state index contributed by atoms with van der Waals surface area (Å²) in [7, 11) is -1.60. The lowest BCUT2D eigenvalue weighted by Crippen LogP contribution is -2.17. The summed E-state index contributed by atoms with van der Waals surface area (Å²) in [6.07, 6.45) is 4.44. The van der Waals surface area contributed by atoms with Crippen molar-refractivity contribution in [2.24, 2.45) is 5.92 Å². The summed E-state index contributed by atoms with van der Waals surface area (Å²) < 4.78 is 4.56. The zero-order valence-electron chi connectivity index (χ0n) is 7.99. The van der Waals surface area contributed by atoms with Crippen LogP contribution in [0, 0.1) is 5.92 Å². The van der Waals surface area contributed by atoms with Crippen molar-refractivity contribution in [3.8, 4) is 0 Å². The Labute approximate surface area is 74.9 Å². The molecule has 12 heavy (non-hydrogen) atoms. The van der Waals surface area contributed by atoms with Gasteiger partial charge in [0, 0.05) is 6.61 Å². The minimum Gasteiger partial charge on any atom is -0.402 e.